The predicted molar refractivity (Wildman–Crippen MR) is 78.3 cm³/mol. The van der Waals surface area contributed by atoms with Crippen molar-refractivity contribution in [1.82, 2.24) is 20.2 Å². The minimum Gasteiger partial charge on any atom is -0.481 e. The van der Waals surface area contributed by atoms with Crippen molar-refractivity contribution in [2.24, 2.45) is 0 Å². The fourth-order valence-electron chi connectivity index (χ4n) is 2.24. The van der Waals surface area contributed by atoms with Crippen molar-refractivity contribution < 1.29 is 9.90 Å². The highest BCUT2D eigenvalue weighted by molar-refractivity contribution is 6.30. The van der Waals surface area contributed by atoms with E-state index in [0.717, 1.165) is 18.4 Å². The molecule has 1 atom stereocenters. The number of aliphatic carboxylic acids is 1. The van der Waals surface area contributed by atoms with E-state index in [2.05, 4.69) is 15.5 Å². The molecule has 2 aromatic rings. The van der Waals surface area contributed by atoms with Gasteiger partial charge < -0.3 is 5.11 Å². The number of carboxylic acids is 1. The summed E-state index contributed by atoms with van der Waals surface area (Å²) in [5.74, 6) is -0.182. The van der Waals surface area contributed by atoms with Gasteiger partial charge in [-0.05, 0) is 34.5 Å². The highest BCUT2D eigenvalue weighted by Gasteiger charge is 2.19. The molecule has 0 amide bonds. The number of rotatable bonds is 7. The summed E-state index contributed by atoms with van der Waals surface area (Å²) < 4.78 is 1.63. The molecule has 0 fully saturated rings. The van der Waals surface area contributed by atoms with E-state index in [4.69, 9.17) is 16.7 Å². The van der Waals surface area contributed by atoms with E-state index in [1.165, 1.54) is 0 Å². The van der Waals surface area contributed by atoms with Crippen molar-refractivity contribution in [3.8, 4) is 0 Å². The lowest BCUT2D eigenvalue weighted by Crippen LogP contribution is -2.18. The van der Waals surface area contributed by atoms with E-state index in [9.17, 15) is 4.79 Å². The van der Waals surface area contributed by atoms with E-state index in [1.807, 2.05) is 31.2 Å². The van der Waals surface area contributed by atoms with Crippen LogP contribution in [0.15, 0.2) is 24.3 Å². The summed E-state index contributed by atoms with van der Waals surface area (Å²) >= 11 is 5.86. The number of tetrazole rings is 1. The van der Waals surface area contributed by atoms with Gasteiger partial charge in [-0.2, -0.15) is 0 Å². The molecule has 0 saturated carbocycles. The first kappa shape index (κ1) is 15.4. The Balaban J connectivity index is 2.19. The van der Waals surface area contributed by atoms with E-state index in [1.54, 1.807) is 4.68 Å². The standard InChI is InChI=1S/C14H17ClN4O2/c1-2-3-12(9-14(20)21)19-13(16-17-18-19)8-10-4-6-11(15)7-5-10/h4-7,12H,2-3,8-9H2,1H3,(H,20,21). The zero-order chi connectivity index (χ0) is 15.2. The second-order valence-electron chi connectivity index (χ2n) is 4.88. The van der Waals surface area contributed by atoms with Crippen LogP contribution in [0.25, 0.3) is 0 Å². The molecular formula is C14H17ClN4O2. The van der Waals surface area contributed by atoms with Gasteiger partial charge in [-0.1, -0.05) is 37.1 Å². The molecule has 0 radical (unpaired) electrons. The SMILES string of the molecule is CCCC(CC(=O)O)n1nnnc1Cc1ccc(Cl)cc1. The van der Waals surface area contributed by atoms with E-state index in [-0.39, 0.29) is 12.5 Å². The molecule has 0 aliphatic carbocycles. The number of aromatic nitrogens is 4. The van der Waals surface area contributed by atoms with Crippen LogP contribution in [0.5, 0.6) is 0 Å². The van der Waals surface area contributed by atoms with Crippen LogP contribution in [-0.4, -0.2) is 31.3 Å². The second kappa shape index (κ2) is 7.17. The lowest BCUT2D eigenvalue weighted by Gasteiger charge is -2.15. The molecule has 0 saturated heterocycles. The van der Waals surface area contributed by atoms with Crippen LogP contribution in [0.2, 0.25) is 5.02 Å². The summed E-state index contributed by atoms with van der Waals surface area (Å²) in [7, 11) is 0. The van der Waals surface area contributed by atoms with Crippen molar-refractivity contribution in [2.45, 2.75) is 38.6 Å². The molecule has 1 aromatic heterocycles. The van der Waals surface area contributed by atoms with Gasteiger partial charge in [0, 0.05) is 11.4 Å². The second-order valence-corrected chi connectivity index (χ2v) is 5.32. The lowest BCUT2D eigenvalue weighted by molar-refractivity contribution is -0.138. The largest absolute Gasteiger partial charge is 0.481 e. The summed E-state index contributed by atoms with van der Waals surface area (Å²) in [6.07, 6.45) is 2.17. The monoisotopic (exact) mass is 308 g/mol. The van der Waals surface area contributed by atoms with Gasteiger partial charge in [-0.15, -0.1) is 5.10 Å². The van der Waals surface area contributed by atoms with Crippen LogP contribution in [0, 0.1) is 0 Å². The van der Waals surface area contributed by atoms with Crippen molar-refractivity contribution >= 4 is 17.6 Å². The van der Waals surface area contributed by atoms with Gasteiger partial charge in [0.25, 0.3) is 0 Å². The molecule has 7 heteroatoms. The lowest BCUT2D eigenvalue weighted by atomic mass is 10.1. The van der Waals surface area contributed by atoms with Crippen LogP contribution >= 0.6 is 11.6 Å². The first-order valence-corrected chi connectivity index (χ1v) is 7.21. The zero-order valence-electron chi connectivity index (χ0n) is 11.7. The molecule has 0 aliphatic heterocycles. The van der Waals surface area contributed by atoms with Gasteiger partial charge in [0.1, 0.15) is 0 Å². The molecule has 21 heavy (non-hydrogen) atoms. The molecule has 6 nitrogen and oxygen atoms in total. The average molecular weight is 309 g/mol. The third-order valence-electron chi connectivity index (χ3n) is 3.21. The van der Waals surface area contributed by atoms with Crippen molar-refractivity contribution in [2.75, 3.05) is 0 Å². The Labute approximate surface area is 127 Å². The number of carbonyl (C=O) groups is 1. The highest BCUT2D eigenvalue weighted by Crippen LogP contribution is 2.20. The number of hydrogen-bond acceptors (Lipinski definition) is 4. The quantitative estimate of drug-likeness (QED) is 0.850. The van der Waals surface area contributed by atoms with Gasteiger partial charge in [-0.3, -0.25) is 4.79 Å². The fourth-order valence-corrected chi connectivity index (χ4v) is 2.37. The van der Waals surface area contributed by atoms with Crippen LogP contribution in [-0.2, 0) is 11.2 Å². The summed E-state index contributed by atoms with van der Waals surface area (Å²) in [5.41, 5.74) is 1.03. The highest BCUT2D eigenvalue weighted by atomic mass is 35.5. The van der Waals surface area contributed by atoms with Gasteiger partial charge in [-0.25, -0.2) is 4.68 Å². The third kappa shape index (κ3) is 4.26. The Hall–Kier alpha value is -1.95. The molecule has 0 spiro atoms. The first-order valence-electron chi connectivity index (χ1n) is 6.83. The summed E-state index contributed by atoms with van der Waals surface area (Å²) in [5, 5.41) is 21.4. The van der Waals surface area contributed by atoms with E-state index in [0.29, 0.717) is 17.3 Å². The fraction of sp³-hybridized carbons (Fsp3) is 0.429. The third-order valence-corrected chi connectivity index (χ3v) is 3.47. The maximum atomic E-state index is 11.0. The minimum absolute atomic E-state index is 0.0203. The molecular weight excluding hydrogens is 292 g/mol. The molecule has 0 aliphatic rings. The normalized spacial score (nSPS) is 12.3. The maximum absolute atomic E-state index is 11.0. The van der Waals surface area contributed by atoms with Gasteiger partial charge >= 0.3 is 5.97 Å². The van der Waals surface area contributed by atoms with Crippen molar-refractivity contribution in [3.63, 3.8) is 0 Å². The summed E-state index contributed by atoms with van der Waals surface area (Å²) in [6.45, 7) is 2.01. The molecule has 1 aromatic carbocycles. The molecule has 1 unspecified atom stereocenters. The van der Waals surface area contributed by atoms with E-state index < -0.39 is 5.97 Å². The van der Waals surface area contributed by atoms with Crippen LogP contribution in [0.3, 0.4) is 0 Å². The number of halogens is 1. The van der Waals surface area contributed by atoms with Gasteiger partial charge in [0.15, 0.2) is 5.82 Å². The number of nitrogens with zero attached hydrogens (tertiary/aromatic N) is 4. The first-order chi connectivity index (χ1) is 10.1. The molecule has 2 rings (SSSR count). The topological polar surface area (TPSA) is 80.9 Å². The minimum atomic E-state index is -0.846. The average Bonchev–Trinajstić information content (AvgIpc) is 2.88. The van der Waals surface area contributed by atoms with E-state index >= 15 is 0 Å². The van der Waals surface area contributed by atoms with Gasteiger partial charge in [0.2, 0.25) is 0 Å². The summed E-state index contributed by atoms with van der Waals surface area (Å²) in [6, 6.07) is 7.23. The predicted octanol–water partition coefficient (Wildman–Crippen LogP) is 2.73. The molecule has 1 N–H and O–H groups in total. The molecule has 1 heterocycles. The van der Waals surface area contributed by atoms with Crippen molar-refractivity contribution in [1.29, 1.82) is 0 Å². The Morgan fingerprint density at radius 2 is 2.10 bits per heavy atom. The van der Waals surface area contributed by atoms with Gasteiger partial charge in [0.05, 0.1) is 12.5 Å². The Kier molecular flexibility index (Phi) is 5.27. The maximum Gasteiger partial charge on any atom is 0.305 e. The van der Waals surface area contributed by atoms with Crippen LogP contribution in [0.1, 0.15) is 43.6 Å². The Morgan fingerprint density at radius 1 is 1.38 bits per heavy atom. The zero-order valence-corrected chi connectivity index (χ0v) is 12.5. The number of benzene rings is 1. The van der Waals surface area contributed by atoms with Crippen molar-refractivity contribution in [3.05, 3.63) is 40.7 Å². The summed E-state index contributed by atoms with van der Waals surface area (Å²) in [4.78, 5) is 11.0. The van der Waals surface area contributed by atoms with Crippen LogP contribution in [0.4, 0.5) is 0 Å². The van der Waals surface area contributed by atoms with Crippen LogP contribution < -0.4 is 0 Å². The Morgan fingerprint density at radius 3 is 2.71 bits per heavy atom. The number of carboxylic acid groups (broad SMARTS) is 1. The molecule has 0 bridgehead atoms. The Bertz CT molecular complexity index is 597. The molecule has 112 valence electrons. The number of hydrogen-bond donors (Lipinski definition) is 1. The smallest absolute Gasteiger partial charge is 0.305 e.